The Morgan fingerprint density at radius 3 is 2.53 bits per heavy atom. The lowest BCUT2D eigenvalue weighted by Gasteiger charge is -2.46. The summed E-state index contributed by atoms with van der Waals surface area (Å²) in [5.41, 5.74) is 0.131. The lowest BCUT2D eigenvalue weighted by molar-refractivity contribution is -0.172. The van der Waals surface area contributed by atoms with Gasteiger partial charge in [-0.15, -0.1) is 0 Å². The third-order valence-corrected chi connectivity index (χ3v) is 6.89. The fourth-order valence-electron chi connectivity index (χ4n) is 4.00. The summed E-state index contributed by atoms with van der Waals surface area (Å²) >= 11 is 12.3. The van der Waals surface area contributed by atoms with Crippen LogP contribution in [0.2, 0.25) is 10.0 Å². The summed E-state index contributed by atoms with van der Waals surface area (Å²) in [6.45, 7) is 6.12. The van der Waals surface area contributed by atoms with Gasteiger partial charge in [0, 0.05) is 6.54 Å². The Labute approximate surface area is 211 Å². The number of rotatable bonds is 8. The maximum absolute atomic E-state index is 13.3. The van der Waals surface area contributed by atoms with E-state index in [-0.39, 0.29) is 31.6 Å². The number of nitrogens with zero attached hydrogens (tertiary/aromatic N) is 1. The molecule has 1 saturated heterocycles. The largest absolute Gasteiger partial charge is 0.491 e. The Hall–Kier alpha value is -1.84. The Balaban J connectivity index is 1.89. The number of ether oxygens (including phenoxy) is 2. The number of carbonyl (C=O) groups is 1. The maximum Gasteiger partial charge on any atom is 0.264 e. The van der Waals surface area contributed by atoms with Crippen LogP contribution in [-0.2, 0) is 35.9 Å². The van der Waals surface area contributed by atoms with Gasteiger partial charge in [-0.1, -0.05) is 41.4 Å². The quantitative estimate of drug-likeness (QED) is 0.470. The normalized spacial score (nSPS) is 19.8. The topological polar surface area (TPSA) is 82.1 Å². The molecule has 2 atom stereocenters. The first-order valence-electron chi connectivity index (χ1n) is 10.9. The van der Waals surface area contributed by atoms with Gasteiger partial charge in [0.15, 0.2) is 0 Å². The third kappa shape index (κ3) is 6.64. The molecule has 0 N–H and O–H groups in total. The molecule has 10 heteroatoms. The van der Waals surface area contributed by atoms with Gasteiger partial charge in [0.25, 0.3) is 10.1 Å². The minimum atomic E-state index is -3.79. The Morgan fingerprint density at radius 1 is 1.15 bits per heavy atom. The van der Waals surface area contributed by atoms with Crippen molar-refractivity contribution in [3.63, 3.8) is 0 Å². The van der Waals surface area contributed by atoms with Crippen LogP contribution in [0.25, 0.3) is 0 Å². The van der Waals surface area contributed by atoms with E-state index in [9.17, 15) is 13.2 Å². The van der Waals surface area contributed by atoms with Gasteiger partial charge in [0.2, 0.25) is 5.91 Å². The van der Waals surface area contributed by atoms with Gasteiger partial charge < -0.3 is 14.4 Å². The molecular weight excluding hydrogens is 501 g/mol. The lowest BCUT2D eigenvalue weighted by atomic mass is 9.86. The molecule has 0 aliphatic carbocycles. The van der Waals surface area contributed by atoms with Crippen molar-refractivity contribution in [3.05, 3.63) is 63.6 Å². The Kier molecular flexibility index (Phi) is 8.52. The van der Waals surface area contributed by atoms with Gasteiger partial charge in [-0.3, -0.25) is 8.98 Å². The van der Waals surface area contributed by atoms with E-state index < -0.39 is 21.8 Å². The van der Waals surface area contributed by atoms with E-state index in [0.29, 0.717) is 27.9 Å². The van der Waals surface area contributed by atoms with E-state index in [0.717, 1.165) is 11.8 Å². The number of hydrogen-bond donors (Lipinski definition) is 0. The Bertz CT molecular complexity index is 1140. The smallest absolute Gasteiger partial charge is 0.264 e. The summed E-state index contributed by atoms with van der Waals surface area (Å²) in [6.07, 6.45) is 0.226. The van der Waals surface area contributed by atoms with Crippen molar-refractivity contribution in [2.24, 2.45) is 0 Å². The van der Waals surface area contributed by atoms with Crippen molar-refractivity contribution in [2.45, 2.75) is 45.0 Å². The second kappa shape index (κ2) is 10.8. The van der Waals surface area contributed by atoms with E-state index >= 15 is 0 Å². The zero-order chi connectivity index (χ0) is 25.1. The number of halogens is 2. The minimum Gasteiger partial charge on any atom is -0.491 e. The summed E-state index contributed by atoms with van der Waals surface area (Å²) in [7, 11) is -3.79. The van der Waals surface area contributed by atoms with Crippen LogP contribution in [-0.4, -0.2) is 57.4 Å². The molecule has 186 valence electrons. The SMILES string of the molecule is CC(C)Oc1cccc(CC(=O)N2CCO[C@@](c3ccc(Cl)c(Cl)c3)(C(C)OS(C)(=O)=O)C2)c1. The highest BCUT2D eigenvalue weighted by molar-refractivity contribution is 7.86. The van der Waals surface area contributed by atoms with Crippen LogP contribution in [0.15, 0.2) is 42.5 Å². The first-order valence-corrected chi connectivity index (χ1v) is 13.5. The highest BCUT2D eigenvalue weighted by Gasteiger charge is 2.46. The van der Waals surface area contributed by atoms with Gasteiger partial charge in [-0.2, -0.15) is 8.42 Å². The first kappa shape index (κ1) is 26.8. The second-order valence-corrected chi connectivity index (χ2v) is 11.0. The van der Waals surface area contributed by atoms with Crippen LogP contribution in [0.5, 0.6) is 5.75 Å². The first-order chi connectivity index (χ1) is 15.9. The molecule has 7 nitrogen and oxygen atoms in total. The van der Waals surface area contributed by atoms with Crippen LogP contribution in [0.3, 0.4) is 0 Å². The van der Waals surface area contributed by atoms with Crippen LogP contribution < -0.4 is 4.74 Å². The van der Waals surface area contributed by atoms with E-state index in [1.165, 1.54) is 0 Å². The van der Waals surface area contributed by atoms with Crippen molar-refractivity contribution < 1.29 is 26.9 Å². The number of carbonyl (C=O) groups excluding carboxylic acids is 1. The van der Waals surface area contributed by atoms with Crippen molar-refractivity contribution >= 4 is 39.2 Å². The predicted molar refractivity (Wildman–Crippen MR) is 132 cm³/mol. The van der Waals surface area contributed by atoms with Gasteiger partial charge in [-0.05, 0) is 56.2 Å². The zero-order valence-corrected chi connectivity index (χ0v) is 21.9. The van der Waals surface area contributed by atoms with Gasteiger partial charge in [-0.25, -0.2) is 0 Å². The number of benzene rings is 2. The molecule has 0 bridgehead atoms. The van der Waals surface area contributed by atoms with Crippen molar-refractivity contribution in [1.82, 2.24) is 4.90 Å². The fourth-order valence-corrected chi connectivity index (χ4v) is 4.98. The van der Waals surface area contributed by atoms with E-state index in [2.05, 4.69) is 0 Å². The molecule has 0 radical (unpaired) electrons. The zero-order valence-electron chi connectivity index (χ0n) is 19.6. The molecule has 1 aliphatic heterocycles. The molecule has 1 heterocycles. The number of hydrogen-bond acceptors (Lipinski definition) is 6. The summed E-state index contributed by atoms with van der Waals surface area (Å²) in [4.78, 5) is 14.9. The lowest BCUT2D eigenvalue weighted by Crippen LogP contribution is -2.57. The number of morpholine rings is 1. The Morgan fingerprint density at radius 2 is 1.88 bits per heavy atom. The fraction of sp³-hybridized carbons (Fsp3) is 0.458. The van der Waals surface area contributed by atoms with Gasteiger partial charge >= 0.3 is 0 Å². The summed E-state index contributed by atoms with van der Waals surface area (Å²) in [6, 6.07) is 12.3. The molecule has 1 amide bonds. The van der Waals surface area contributed by atoms with Crippen LogP contribution in [0, 0.1) is 0 Å². The van der Waals surface area contributed by atoms with Crippen LogP contribution in [0.1, 0.15) is 31.9 Å². The van der Waals surface area contributed by atoms with E-state index in [4.69, 9.17) is 36.9 Å². The monoisotopic (exact) mass is 529 g/mol. The molecule has 3 rings (SSSR count). The second-order valence-electron chi connectivity index (χ2n) is 8.62. The molecule has 1 unspecified atom stereocenters. The summed E-state index contributed by atoms with van der Waals surface area (Å²) < 4.78 is 41.0. The average molecular weight is 530 g/mol. The molecule has 0 spiro atoms. The van der Waals surface area contributed by atoms with Gasteiger partial charge in [0.05, 0.1) is 42.0 Å². The van der Waals surface area contributed by atoms with E-state index in [1.807, 2.05) is 38.1 Å². The predicted octanol–water partition coefficient (Wildman–Crippen LogP) is 4.44. The highest BCUT2D eigenvalue weighted by Crippen LogP contribution is 2.38. The minimum absolute atomic E-state index is 0.0216. The van der Waals surface area contributed by atoms with Gasteiger partial charge in [0.1, 0.15) is 17.5 Å². The average Bonchev–Trinajstić information content (AvgIpc) is 2.74. The third-order valence-electron chi connectivity index (χ3n) is 5.51. The molecular formula is C24H29Cl2NO6S. The maximum atomic E-state index is 13.3. The van der Waals surface area contributed by atoms with Crippen LogP contribution >= 0.6 is 23.2 Å². The molecule has 2 aromatic rings. The van der Waals surface area contributed by atoms with Crippen molar-refractivity contribution in [2.75, 3.05) is 26.0 Å². The highest BCUT2D eigenvalue weighted by atomic mass is 35.5. The molecule has 0 saturated carbocycles. The van der Waals surface area contributed by atoms with E-state index in [1.54, 1.807) is 30.0 Å². The summed E-state index contributed by atoms with van der Waals surface area (Å²) in [5, 5.41) is 0.642. The van der Waals surface area contributed by atoms with Crippen molar-refractivity contribution in [1.29, 1.82) is 0 Å². The van der Waals surface area contributed by atoms with Crippen LogP contribution in [0.4, 0.5) is 0 Å². The van der Waals surface area contributed by atoms with Crippen molar-refractivity contribution in [3.8, 4) is 5.75 Å². The number of amides is 1. The molecule has 2 aromatic carbocycles. The standard InChI is InChI=1S/C24H29Cl2NO6S/c1-16(2)32-20-7-5-6-18(12-20)13-23(28)27-10-11-31-24(15-27,17(3)33-34(4,29)30)19-8-9-21(25)22(26)14-19/h5-9,12,14,16-17H,10-11,13,15H2,1-4H3/t17?,24-/m1/s1. The molecule has 1 aliphatic rings. The summed E-state index contributed by atoms with van der Waals surface area (Å²) in [5.74, 6) is 0.573. The molecule has 0 aromatic heterocycles. The molecule has 1 fully saturated rings. The molecule has 34 heavy (non-hydrogen) atoms.